The van der Waals surface area contributed by atoms with E-state index in [1.54, 1.807) is 12.1 Å². The van der Waals surface area contributed by atoms with Crippen LogP contribution in [0.15, 0.2) is 89.8 Å². The fourth-order valence-corrected chi connectivity index (χ4v) is 5.54. The van der Waals surface area contributed by atoms with Crippen molar-refractivity contribution in [3.05, 3.63) is 96.1 Å². The van der Waals surface area contributed by atoms with Gasteiger partial charge < -0.3 is 20.2 Å². The van der Waals surface area contributed by atoms with Crippen LogP contribution in [-0.4, -0.2) is 51.7 Å². The standard InChI is InChI=1S/C27H31NO3S/c29-24(20-32-26-14-8-7-13-25(26)30)19-28-17-15-23(16-18-28)27(31,21-9-3-1-4-10-21)22-11-5-2-6-12-22/h1-14,23-24,29-31H,15-20H2. The summed E-state index contributed by atoms with van der Waals surface area (Å²) < 4.78 is 0. The molecule has 4 nitrogen and oxygen atoms in total. The topological polar surface area (TPSA) is 63.9 Å². The van der Waals surface area contributed by atoms with Gasteiger partial charge in [-0.3, -0.25) is 0 Å². The van der Waals surface area contributed by atoms with Gasteiger partial charge in [-0.1, -0.05) is 72.8 Å². The molecule has 0 bridgehead atoms. The molecule has 1 atom stereocenters. The number of aromatic hydroxyl groups is 1. The van der Waals surface area contributed by atoms with E-state index in [0.29, 0.717) is 12.3 Å². The fourth-order valence-electron chi connectivity index (χ4n) is 4.67. The summed E-state index contributed by atoms with van der Waals surface area (Å²) in [5.74, 6) is 0.901. The number of aliphatic hydroxyl groups excluding tert-OH is 1. The molecular formula is C27H31NO3S. The van der Waals surface area contributed by atoms with Crippen molar-refractivity contribution in [2.75, 3.05) is 25.4 Å². The number of aliphatic hydroxyl groups is 2. The molecule has 3 aromatic carbocycles. The first-order chi connectivity index (χ1) is 15.6. The average molecular weight is 450 g/mol. The van der Waals surface area contributed by atoms with Crippen molar-refractivity contribution in [3.8, 4) is 5.75 Å². The molecule has 32 heavy (non-hydrogen) atoms. The molecule has 1 saturated heterocycles. The molecule has 1 fully saturated rings. The van der Waals surface area contributed by atoms with Gasteiger partial charge >= 0.3 is 0 Å². The second-order valence-corrected chi connectivity index (χ2v) is 9.57. The summed E-state index contributed by atoms with van der Waals surface area (Å²) in [6.07, 6.45) is 1.25. The number of hydrogen-bond donors (Lipinski definition) is 3. The number of rotatable bonds is 8. The Kier molecular flexibility index (Phi) is 7.53. The van der Waals surface area contributed by atoms with E-state index in [1.165, 1.54) is 11.8 Å². The van der Waals surface area contributed by atoms with Gasteiger partial charge in [-0.25, -0.2) is 0 Å². The Balaban J connectivity index is 1.38. The minimum atomic E-state index is -1.02. The van der Waals surface area contributed by atoms with Gasteiger partial charge in [0.15, 0.2) is 0 Å². The van der Waals surface area contributed by atoms with E-state index in [2.05, 4.69) is 4.90 Å². The van der Waals surface area contributed by atoms with Crippen LogP contribution in [0, 0.1) is 5.92 Å². The number of likely N-dealkylation sites (tertiary alicyclic amines) is 1. The number of nitrogens with zero attached hydrogens (tertiary/aromatic N) is 1. The molecule has 3 N–H and O–H groups in total. The Morgan fingerprint density at radius 3 is 1.94 bits per heavy atom. The maximum absolute atomic E-state index is 12.0. The summed E-state index contributed by atoms with van der Waals surface area (Å²) in [5.41, 5.74) is 0.848. The molecule has 0 saturated carbocycles. The van der Waals surface area contributed by atoms with Gasteiger partial charge in [-0.15, -0.1) is 11.8 Å². The summed E-state index contributed by atoms with van der Waals surface area (Å²) in [6, 6.07) is 27.2. The van der Waals surface area contributed by atoms with Crippen LogP contribution in [0.1, 0.15) is 24.0 Å². The van der Waals surface area contributed by atoms with Crippen LogP contribution in [0.5, 0.6) is 5.75 Å². The lowest BCUT2D eigenvalue weighted by atomic mass is 9.72. The molecule has 0 aliphatic carbocycles. The molecule has 1 unspecified atom stereocenters. The Morgan fingerprint density at radius 2 is 1.38 bits per heavy atom. The molecule has 1 aliphatic rings. The van der Waals surface area contributed by atoms with Crippen LogP contribution in [0.2, 0.25) is 0 Å². The predicted molar refractivity (Wildman–Crippen MR) is 130 cm³/mol. The molecule has 3 aromatic rings. The van der Waals surface area contributed by atoms with Crippen molar-refractivity contribution < 1.29 is 15.3 Å². The largest absolute Gasteiger partial charge is 0.507 e. The zero-order chi connectivity index (χ0) is 22.4. The predicted octanol–water partition coefficient (Wildman–Crippen LogP) is 4.49. The third kappa shape index (κ3) is 5.18. The molecule has 0 radical (unpaired) electrons. The van der Waals surface area contributed by atoms with Crippen LogP contribution >= 0.6 is 11.8 Å². The molecule has 168 valence electrons. The number of piperidine rings is 1. The number of para-hydroxylation sites is 1. The van der Waals surface area contributed by atoms with Crippen LogP contribution in [0.25, 0.3) is 0 Å². The maximum Gasteiger partial charge on any atom is 0.129 e. The third-order valence-electron chi connectivity index (χ3n) is 6.37. The molecule has 0 spiro atoms. The molecular weight excluding hydrogens is 418 g/mol. The first-order valence-corrected chi connectivity index (χ1v) is 12.2. The molecule has 1 aliphatic heterocycles. The highest BCUT2D eigenvalue weighted by Gasteiger charge is 2.41. The van der Waals surface area contributed by atoms with Crippen molar-refractivity contribution in [2.45, 2.75) is 29.4 Å². The lowest BCUT2D eigenvalue weighted by Crippen LogP contribution is -2.46. The number of phenols is 1. The van der Waals surface area contributed by atoms with Crippen LogP contribution in [0.4, 0.5) is 0 Å². The average Bonchev–Trinajstić information content (AvgIpc) is 2.84. The maximum atomic E-state index is 12.0. The fraction of sp³-hybridized carbons (Fsp3) is 0.333. The normalized spacial score (nSPS) is 16.7. The lowest BCUT2D eigenvalue weighted by Gasteiger charge is -2.42. The molecule has 5 heteroatoms. The Morgan fingerprint density at radius 1 is 0.844 bits per heavy atom. The van der Waals surface area contributed by atoms with Gasteiger partial charge in [0.05, 0.1) is 6.10 Å². The molecule has 1 heterocycles. The Bertz CT molecular complexity index is 935. The minimum absolute atomic E-state index is 0.108. The van der Waals surface area contributed by atoms with Gasteiger partial charge in [0.1, 0.15) is 11.4 Å². The second-order valence-electron chi connectivity index (χ2n) is 8.51. The SMILES string of the molecule is Oc1ccccc1SCC(O)CN1CCC(C(O)(c2ccccc2)c2ccccc2)CC1. The zero-order valence-corrected chi connectivity index (χ0v) is 19.0. The highest BCUT2D eigenvalue weighted by atomic mass is 32.2. The first kappa shape index (κ1) is 22.9. The summed E-state index contributed by atoms with van der Waals surface area (Å²) >= 11 is 1.48. The summed E-state index contributed by atoms with van der Waals surface area (Å²) in [4.78, 5) is 3.07. The van der Waals surface area contributed by atoms with Crippen molar-refractivity contribution in [1.82, 2.24) is 4.90 Å². The van der Waals surface area contributed by atoms with Crippen molar-refractivity contribution in [1.29, 1.82) is 0 Å². The zero-order valence-electron chi connectivity index (χ0n) is 18.2. The van der Waals surface area contributed by atoms with E-state index in [9.17, 15) is 15.3 Å². The van der Waals surface area contributed by atoms with Crippen molar-refractivity contribution in [3.63, 3.8) is 0 Å². The summed E-state index contributed by atoms with van der Waals surface area (Å²) in [7, 11) is 0. The van der Waals surface area contributed by atoms with E-state index in [1.807, 2.05) is 72.8 Å². The third-order valence-corrected chi connectivity index (χ3v) is 7.58. The first-order valence-electron chi connectivity index (χ1n) is 11.2. The van der Waals surface area contributed by atoms with Gasteiger partial charge in [-0.05, 0) is 55.1 Å². The quantitative estimate of drug-likeness (QED) is 0.442. The number of β-amino-alcohol motifs (C(OH)–C–C–N with tert-alkyl or cyclic N) is 1. The van der Waals surface area contributed by atoms with Crippen molar-refractivity contribution in [2.24, 2.45) is 5.92 Å². The highest BCUT2D eigenvalue weighted by molar-refractivity contribution is 7.99. The van der Waals surface area contributed by atoms with Crippen LogP contribution < -0.4 is 0 Å². The molecule has 0 amide bonds. The lowest BCUT2D eigenvalue weighted by molar-refractivity contribution is -0.0186. The second kappa shape index (κ2) is 10.5. The minimum Gasteiger partial charge on any atom is -0.507 e. The van der Waals surface area contributed by atoms with Gasteiger partial charge in [0.25, 0.3) is 0 Å². The molecule has 4 rings (SSSR count). The highest BCUT2D eigenvalue weighted by Crippen LogP contribution is 2.42. The van der Waals surface area contributed by atoms with Gasteiger partial charge in [-0.2, -0.15) is 0 Å². The summed E-state index contributed by atoms with van der Waals surface area (Å²) in [6.45, 7) is 2.28. The monoisotopic (exact) mass is 449 g/mol. The van der Waals surface area contributed by atoms with E-state index in [4.69, 9.17) is 0 Å². The Labute approximate surface area is 194 Å². The van der Waals surface area contributed by atoms with Crippen molar-refractivity contribution >= 4 is 11.8 Å². The van der Waals surface area contributed by atoms with E-state index in [-0.39, 0.29) is 11.7 Å². The Hall–Kier alpha value is -2.31. The van der Waals surface area contributed by atoms with E-state index < -0.39 is 11.7 Å². The smallest absolute Gasteiger partial charge is 0.129 e. The van der Waals surface area contributed by atoms with Gasteiger partial charge in [0.2, 0.25) is 0 Å². The van der Waals surface area contributed by atoms with Gasteiger partial charge in [0, 0.05) is 17.2 Å². The van der Waals surface area contributed by atoms with Crippen LogP contribution in [0.3, 0.4) is 0 Å². The number of thioether (sulfide) groups is 1. The van der Waals surface area contributed by atoms with Crippen LogP contribution in [-0.2, 0) is 5.60 Å². The van der Waals surface area contributed by atoms with E-state index >= 15 is 0 Å². The number of hydrogen-bond acceptors (Lipinski definition) is 5. The number of phenolic OH excluding ortho intramolecular Hbond substituents is 1. The summed E-state index contributed by atoms with van der Waals surface area (Å²) in [5, 5.41) is 32.4. The number of benzene rings is 3. The van der Waals surface area contributed by atoms with E-state index in [0.717, 1.165) is 42.0 Å². The molecule has 0 aromatic heterocycles.